The van der Waals surface area contributed by atoms with Crippen molar-refractivity contribution < 1.29 is 4.74 Å². The van der Waals surface area contributed by atoms with E-state index < -0.39 is 0 Å². The Hall–Kier alpha value is 0.320. The van der Waals surface area contributed by atoms with Gasteiger partial charge >= 0.3 is 0 Å². The molecule has 0 aliphatic carbocycles. The van der Waals surface area contributed by atoms with E-state index in [1.54, 1.807) is 17.5 Å². The number of nitrogens with zero attached hydrogens (tertiary/aromatic N) is 1. The van der Waals surface area contributed by atoms with Crippen molar-refractivity contribution in [2.75, 3.05) is 13.2 Å². The molecule has 1 aliphatic rings. The van der Waals surface area contributed by atoms with Crippen LogP contribution in [0.5, 0.6) is 0 Å². The van der Waals surface area contributed by atoms with Crippen molar-refractivity contribution in [2.45, 2.75) is 5.54 Å². The van der Waals surface area contributed by atoms with Crippen molar-refractivity contribution in [3.63, 3.8) is 0 Å². The SMILES string of the molecule is Cl.NC1(c2ncc(Br)s2)COC1. The molecule has 1 saturated heterocycles. The van der Waals surface area contributed by atoms with Gasteiger partial charge in [0.15, 0.2) is 0 Å². The van der Waals surface area contributed by atoms with Gasteiger partial charge in [0.1, 0.15) is 10.5 Å². The topological polar surface area (TPSA) is 48.1 Å². The second kappa shape index (κ2) is 3.59. The summed E-state index contributed by atoms with van der Waals surface area (Å²) in [4.78, 5) is 4.18. The van der Waals surface area contributed by atoms with E-state index in [0.29, 0.717) is 13.2 Å². The largest absolute Gasteiger partial charge is 0.377 e. The second-order valence-electron chi connectivity index (χ2n) is 2.62. The van der Waals surface area contributed by atoms with Gasteiger partial charge in [-0.25, -0.2) is 4.98 Å². The van der Waals surface area contributed by atoms with Crippen LogP contribution in [0, 0.1) is 0 Å². The van der Waals surface area contributed by atoms with Gasteiger partial charge in [-0.1, -0.05) is 0 Å². The minimum absolute atomic E-state index is 0. The molecule has 1 aliphatic heterocycles. The first kappa shape index (κ1) is 10.4. The van der Waals surface area contributed by atoms with Gasteiger partial charge in [0.25, 0.3) is 0 Å². The zero-order valence-corrected chi connectivity index (χ0v) is 9.34. The maximum absolute atomic E-state index is 5.94. The molecule has 0 spiro atoms. The molecule has 1 aromatic rings. The van der Waals surface area contributed by atoms with Crippen LogP contribution in [0.3, 0.4) is 0 Å². The highest BCUT2D eigenvalue weighted by Crippen LogP contribution is 2.31. The molecule has 0 amide bonds. The predicted octanol–water partition coefficient (Wildman–Crippen LogP) is 1.51. The Morgan fingerprint density at radius 3 is 2.67 bits per heavy atom. The Kier molecular flexibility index (Phi) is 3.11. The van der Waals surface area contributed by atoms with E-state index in [1.807, 2.05) is 0 Å². The van der Waals surface area contributed by atoms with Gasteiger partial charge < -0.3 is 10.5 Å². The summed E-state index contributed by atoms with van der Waals surface area (Å²) in [5.74, 6) is 0. The zero-order valence-electron chi connectivity index (χ0n) is 6.12. The fourth-order valence-electron chi connectivity index (χ4n) is 0.930. The van der Waals surface area contributed by atoms with Crippen molar-refractivity contribution in [1.82, 2.24) is 4.98 Å². The summed E-state index contributed by atoms with van der Waals surface area (Å²) in [7, 11) is 0. The number of nitrogens with two attached hydrogens (primary N) is 1. The maximum atomic E-state index is 5.94. The molecular formula is C6H8BrClN2OS. The molecule has 0 bridgehead atoms. The molecule has 1 fully saturated rings. The first-order chi connectivity index (χ1) is 5.21. The van der Waals surface area contributed by atoms with Crippen LogP contribution in [-0.4, -0.2) is 18.2 Å². The number of hydrogen-bond donors (Lipinski definition) is 1. The van der Waals surface area contributed by atoms with Gasteiger partial charge in [-0.15, -0.1) is 23.7 Å². The van der Waals surface area contributed by atoms with Gasteiger partial charge in [0, 0.05) is 0 Å². The Balaban J connectivity index is 0.000000720. The van der Waals surface area contributed by atoms with Crippen molar-refractivity contribution in [3.05, 3.63) is 15.0 Å². The smallest absolute Gasteiger partial charge is 0.118 e. The number of hydrogen-bond acceptors (Lipinski definition) is 4. The Labute approximate surface area is 88.9 Å². The molecule has 0 atom stereocenters. The van der Waals surface area contributed by atoms with Crippen LogP contribution in [0.15, 0.2) is 9.98 Å². The third-order valence-corrected chi connectivity index (χ3v) is 3.32. The van der Waals surface area contributed by atoms with Gasteiger partial charge in [0.05, 0.1) is 23.2 Å². The third-order valence-electron chi connectivity index (χ3n) is 1.62. The number of ether oxygens (including phenoxy) is 1. The first-order valence-electron chi connectivity index (χ1n) is 3.19. The Morgan fingerprint density at radius 2 is 2.33 bits per heavy atom. The predicted molar refractivity (Wildman–Crippen MR) is 53.7 cm³/mol. The molecule has 68 valence electrons. The van der Waals surface area contributed by atoms with Crippen LogP contribution < -0.4 is 5.73 Å². The maximum Gasteiger partial charge on any atom is 0.118 e. The molecule has 0 aromatic carbocycles. The fraction of sp³-hybridized carbons (Fsp3) is 0.500. The third kappa shape index (κ3) is 1.65. The normalized spacial score (nSPS) is 19.5. The summed E-state index contributed by atoms with van der Waals surface area (Å²) >= 11 is 4.91. The lowest BCUT2D eigenvalue weighted by atomic mass is 10.0. The van der Waals surface area contributed by atoms with Crippen LogP contribution in [0.2, 0.25) is 0 Å². The van der Waals surface area contributed by atoms with E-state index in [9.17, 15) is 0 Å². The van der Waals surface area contributed by atoms with Crippen LogP contribution in [0.1, 0.15) is 5.01 Å². The minimum atomic E-state index is -0.309. The number of thiazole rings is 1. The van der Waals surface area contributed by atoms with Gasteiger partial charge in [-0.2, -0.15) is 0 Å². The Bertz CT molecular complexity index is 276. The van der Waals surface area contributed by atoms with Crippen LogP contribution in [0.25, 0.3) is 0 Å². The standard InChI is InChI=1S/C6H7BrN2OS.ClH/c7-4-1-9-5(11-4)6(8)2-10-3-6;/h1H,2-3,8H2;1H. The molecule has 6 heteroatoms. The molecule has 0 unspecified atom stereocenters. The average molecular weight is 272 g/mol. The van der Waals surface area contributed by atoms with E-state index >= 15 is 0 Å². The lowest BCUT2D eigenvalue weighted by Gasteiger charge is -2.35. The highest BCUT2D eigenvalue weighted by atomic mass is 79.9. The van der Waals surface area contributed by atoms with E-state index in [1.165, 1.54) is 0 Å². The molecule has 2 heterocycles. The lowest BCUT2D eigenvalue weighted by Crippen LogP contribution is -2.54. The van der Waals surface area contributed by atoms with Crippen molar-refractivity contribution in [2.24, 2.45) is 5.73 Å². The summed E-state index contributed by atoms with van der Waals surface area (Å²) in [5, 5.41) is 0.954. The van der Waals surface area contributed by atoms with E-state index in [4.69, 9.17) is 10.5 Å². The highest BCUT2D eigenvalue weighted by molar-refractivity contribution is 9.11. The summed E-state index contributed by atoms with van der Waals surface area (Å²) in [5.41, 5.74) is 5.63. The molecule has 2 rings (SSSR count). The molecule has 12 heavy (non-hydrogen) atoms. The minimum Gasteiger partial charge on any atom is -0.377 e. The van der Waals surface area contributed by atoms with Gasteiger partial charge in [-0.05, 0) is 15.9 Å². The van der Waals surface area contributed by atoms with E-state index in [-0.39, 0.29) is 17.9 Å². The summed E-state index contributed by atoms with van der Waals surface area (Å²) in [6.45, 7) is 1.18. The highest BCUT2D eigenvalue weighted by Gasteiger charge is 2.38. The molecule has 0 radical (unpaired) electrons. The van der Waals surface area contributed by atoms with Crippen LogP contribution >= 0.6 is 39.7 Å². The van der Waals surface area contributed by atoms with Crippen LogP contribution in [-0.2, 0) is 10.3 Å². The lowest BCUT2D eigenvalue weighted by molar-refractivity contribution is -0.0569. The monoisotopic (exact) mass is 270 g/mol. The Morgan fingerprint density at radius 1 is 1.67 bits per heavy atom. The van der Waals surface area contributed by atoms with Crippen LogP contribution in [0.4, 0.5) is 0 Å². The zero-order chi connectivity index (χ0) is 7.90. The quantitative estimate of drug-likeness (QED) is 0.842. The first-order valence-corrected chi connectivity index (χ1v) is 4.80. The fourth-order valence-corrected chi connectivity index (χ4v) is 2.21. The van der Waals surface area contributed by atoms with Gasteiger partial charge in [0.2, 0.25) is 0 Å². The summed E-state index contributed by atoms with van der Waals surface area (Å²) in [6.07, 6.45) is 1.77. The molecule has 3 nitrogen and oxygen atoms in total. The van der Waals surface area contributed by atoms with Crippen molar-refractivity contribution in [3.8, 4) is 0 Å². The number of halogens is 2. The molecule has 0 saturated carbocycles. The van der Waals surface area contributed by atoms with E-state index in [0.717, 1.165) is 8.79 Å². The van der Waals surface area contributed by atoms with Gasteiger partial charge in [-0.3, -0.25) is 0 Å². The van der Waals surface area contributed by atoms with Crippen molar-refractivity contribution >= 4 is 39.7 Å². The summed E-state index contributed by atoms with van der Waals surface area (Å²) in [6, 6.07) is 0. The van der Waals surface area contributed by atoms with Crippen molar-refractivity contribution in [1.29, 1.82) is 0 Å². The molecule has 1 aromatic heterocycles. The molecule has 2 N–H and O–H groups in total. The average Bonchev–Trinajstić information content (AvgIpc) is 2.31. The van der Waals surface area contributed by atoms with E-state index in [2.05, 4.69) is 20.9 Å². The number of rotatable bonds is 1. The summed E-state index contributed by atoms with van der Waals surface area (Å²) < 4.78 is 6.05. The number of aromatic nitrogens is 1. The second-order valence-corrected chi connectivity index (χ2v) is 5.03. The molecular weight excluding hydrogens is 264 g/mol.